The average Bonchev–Trinajstić information content (AvgIpc) is 3.34. The second-order valence-electron chi connectivity index (χ2n) is 9.69. The highest BCUT2D eigenvalue weighted by Gasteiger charge is 2.23. The number of carboxylic acid groups (broad SMARTS) is 2. The fourth-order valence-electron chi connectivity index (χ4n) is 4.49. The molecule has 4 rings (SSSR count). The summed E-state index contributed by atoms with van der Waals surface area (Å²) in [7, 11) is -3.83. The Kier molecular flexibility index (Phi) is 10.4. The normalized spacial score (nSPS) is 11.6. The number of aliphatic carboxylic acids is 2. The van der Waals surface area contributed by atoms with Crippen molar-refractivity contribution in [3.8, 4) is 11.5 Å². The molecule has 0 atom stereocenters. The maximum Gasteiger partial charge on any atom is 0.323 e. The zero-order chi connectivity index (χ0) is 30.0. The summed E-state index contributed by atoms with van der Waals surface area (Å²) in [4.78, 5) is 22.4. The van der Waals surface area contributed by atoms with Crippen LogP contribution in [0.4, 0.5) is 0 Å². The quantitative estimate of drug-likeness (QED) is 0.124. The number of ether oxygens (including phenoxy) is 2. The van der Waals surface area contributed by atoms with Crippen LogP contribution in [0.25, 0.3) is 23.1 Å². The highest BCUT2D eigenvalue weighted by Crippen LogP contribution is 2.31. The largest absolute Gasteiger partial charge is 0.494 e. The van der Waals surface area contributed by atoms with Crippen LogP contribution in [0.2, 0.25) is 0 Å². The van der Waals surface area contributed by atoms with Crippen LogP contribution in [0.15, 0.2) is 83.9 Å². The molecule has 2 N–H and O–H groups in total. The number of rotatable bonds is 16. The number of fused-ring (bicyclic) bond motifs is 1. The van der Waals surface area contributed by atoms with Gasteiger partial charge in [0, 0.05) is 18.0 Å². The lowest BCUT2D eigenvalue weighted by atomic mass is 10.1. The molecule has 0 amide bonds. The van der Waals surface area contributed by atoms with Crippen LogP contribution in [0.1, 0.15) is 36.8 Å². The van der Waals surface area contributed by atoms with Gasteiger partial charge >= 0.3 is 11.9 Å². The number of sulfone groups is 1. The Morgan fingerprint density at radius 3 is 2.07 bits per heavy atom. The van der Waals surface area contributed by atoms with E-state index in [-0.39, 0.29) is 23.5 Å². The maximum atomic E-state index is 13.0. The molecule has 0 saturated heterocycles. The van der Waals surface area contributed by atoms with Gasteiger partial charge in [0.05, 0.1) is 29.4 Å². The molecule has 9 nitrogen and oxygen atoms in total. The Morgan fingerprint density at radius 1 is 0.762 bits per heavy atom. The third kappa shape index (κ3) is 8.47. The predicted octanol–water partition coefficient (Wildman–Crippen LogP) is 5.77. The van der Waals surface area contributed by atoms with Crippen LogP contribution >= 0.6 is 0 Å². The minimum absolute atomic E-state index is 0.00693. The summed E-state index contributed by atoms with van der Waals surface area (Å²) in [5, 5.41) is 18.7. The lowest BCUT2D eigenvalue weighted by Gasteiger charge is -2.08. The summed E-state index contributed by atoms with van der Waals surface area (Å²) in [6.45, 7) is 0.770. The summed E-state index contributed by atoms with van der Waals surface area (Å²) >= 11 is 0. The van der Waals surface area contributed by atoms with Gasteiger partial charge in [0.25, 0.3) is 0 Å². The van der Waals surface area contributed by atoms with Crippen molar-refractivity contribution in [2.45, 2.75) is 37.1 Å². The van der Waals surface area contributed by atoms with Crippen molar-refractivity contribution in [3.63, 3.8) is 0 Å². The van der Waals surface area contributed by atoms with Gasteiger partial charge in [-0.25, -0.2) is 8.42 Å². The number of hydrogen-bond acceptors (Lipinski definition) is 6. The molecule has 0 fully saturated rings. The van der Waals surface area contributed by atoms with Crippen LogP contribution in [-0.4, -0.2) is 54.1 Å². The van der Waals surface area contributed by atoms with Crippen LogP contribution in [0.5, 0.6) is 11.5 Å². The molecule has 3 aromatic carbocycles. The van der Waals surface area contributed by atoms with Gasteiger partial charge in [0.2, 0.25) is 0 Å². The van der Waals surface area contributed by atoms with E-state index in [1.807, 2.05) is 66.7 Å². The fraction of sp³-hybridized carbons (Fsp3) is 0.250. The van der Waals surface area contributed by atoms with Gasteiger partial charge in [-0.2, -0.15) is 0 Å². The summed E-state index contributed by atoms with van der Waals surface area (Å²) < 4.78 is 39.0. The maximum absolute atomic E-state index is 13.0. The molecule has 0 unspecified atom stereocenters. The number of hydrogen-bond donors (Lipinski definition) is 2. The zero-order valence-electron chi connectivity index (χ0n) is 23.0. The number of carbonyl (C=O) groups is 2. The Bertz CT molecular complexity index is 1640. The molecule has 42 heavy (non-hydrogen) atoms. The number of carboxylic acids is 2. The Balaban J connectivity index is 1.42. The molecule has 10 heteroatoms. The summed E-state index contributed by atoms with van der Waals surface area (Å²) in [6.07, 6.45) is 6.41. The molecule has 1 heterocycles. The third-order valence-corrected chi connectivity index (χ3v) is 8.31. The highest BCUT2D eigenvalue weighted by molar-refractivity contribution is 7.91. The number of benzene rings is 3. The van der Waals surface area contributed by atoms with Gasteiger partial charge in [0.1, 0.15) is 18.0 Å². The molecule has 4 aromatic rings. The minimum atomic E-state index is -3.83. The first-order valence-corrected chi connectivity index (χ1v) is 15.3. The lowest BCUT2D eigenvalue weighted by molar-refractivity contribution is -0.138. The molecule has 0 saturated carbocycles. The van der Waals surface area contributed by atoms with E-state index in [2.05, 4.69) is 0 Å². The molecule has 0 bridgehead atoms. The van der Waals surface area contributed by atoms with E-state index >= 15 is 0 Å². The van der Waals surface area contributed by atoms with E-state index in [1.165, 1.54) is 10.8 Å². The molecule has 0 aliphatic carbocycles. The second kappa shape index (κ2) is 14.4. The fourth-order valence-corrected chi connectivity index (χ4v) is 6.03. The van der Waals surface area contributed by atoms with Gasteiger partial charge in [-0.3, -0.25) is 9.59 Å². The molecular weight excluding hydrogens is 558 g/mol. The van der Waals surface area contributed by atoms with Gasteiger partial charge < -0.3 is 24.3 Å². The standard InChI is InChI=1S/C32H33NO8S/c34-30(35)12-7-21-42(38,39)29-22-33(23-31(36)37)32-25(8-6-11-28(29)32)16-13-24-14-17-27(18-15-24)41-20-5-4-19-40-26-9-2-1-3-10-26/h1-3,6,8-11,13-18,22H,4-5,7,12,19-21,23H2,(H,34,35)(H,36,37). The number of aromatic nitrogens is 1. The number of para-hydroxylation sites is 2. The van der Waals surface area contributed by atoms with Crippen molar-refractivity contribution in [1.82, 2.24) is 4.57 Å². The molecule has 0 spiro atoms. The Morgan fingerprint density at radius 2 is 1.43 bits per heavy atom. The average molecular weight is 592 g/mol. The number of nitrogens with zero attached hydrogens (tertiary/aromatic N) is 1. The van der Waals surface area contributed by atoms with Gasteiger partial charge in [-0.05, 0) is 54.7 Å². The van der Waals surface area contributed by atoms with Crippen molar-refractivity contribution in [3.05, 3.63) is 90.1 Å². The van der Waals surface area contributed by atoms with Crippen molar-refractivity contribution >= 4 is 44.8 Å². The van der Waals surface area contributed by atoms with E-state index in [1.54, 1.807) is 18.2 Å². The summed E-state index contributed by atoms with van der Waals surface area (Å²) in [5.41, 5.74) is 2.01. The molecule has 0 radical (unpaired) electrons. The molecular formula is C32H33NO8S. The minimum Gasteiger partial charge on any atom is -0.494 e. The topological polar surface area (TPSA) is 132 Å². The molecule has 0 aliphatic rings. The first-order chi connectivity index (χ1) is 20.2. The predicted molar refractivity (Wildman–Crippen MR) is 161 cm³/mol. The van der Waals surface area contributed by atoms with Crippen molar-refractivity contribution in [2.24, 2.45) is 0 Å². The van der Waals surface area contributed by atoms with Gasteiger partial charge in [-0.1, -0.05) is 60.7 Å². The van der Waals surface area contributed by atoms with E-state index in [0.29, 0.717) is 29.7 Å². The zero-order valence-corrected chi connectivity index (χ0v) is 23.8. The van der Waals surface area contributed by atoms with Crippen molar-refractivity contribution in [2.75, 3.05) is 19.0 Å². The monoisotopic (exact) mass is 591 g/mol. The lowest BCUT2D eigenvalue weighted by Crippen LogP contribution is -2.09. The van der Waals surface area contributed by atoms with Crippen molar-refractivity contribution < 1.29 is 37.7 Å². The third-order valence-electron chi connectivity index (χ3n) is 6.49. The second-order valence-corrected chi connectivity index (χ2v) is 11.8. The molecule has 0 aliphatic heterocycles. The van der Waals surface area contributed by atoms with E-state index in [9.17, 15) is 23.1 Å². The van der Waals surface area contributed by atoms with Gasteiger partial charge in [-0.15, -0.1) is 0 Å². The van der Waals surface area contributed by atoms with E-state index < -0.39 is 28.3 Å². The SMILES string of the molecule is O=C(O)CCCS(=O)(=O)c1cn(CC(=O)O)c2c(C=Cc3ccc(OCCCCOc4ccccc4)cc3)cccc12. The van der Waals surface area contributed by atoms with Crippen LogP contribution in [-0.2, 0) is 26.0 Å². The summed E-state index contributed by atoms with van der Waals surface area (Å²) in [6, 6.07) is 22.4. The first-order valence-electron chi connectivity index (χ1n) is 13.6. The van der Waals surface area contributed by atoms with Crippen LogP contribution in [0, 0.1) is 0 Å². The Labute approximate surface area is 244 Å². The molecule has 1 aromatic heterocycles. The summed E-state index contributed by atoms with van der Waals surface area (Å²) in [5.74, 6) is -0.936. The Hall–Kier alpha value is -4.57. The van der Waals surface area contributed by atoms with E-state index in [4.69, 9.17) is 14.6 Å². The van der Waals surface area contributed by atoms with Gasteiger partial charge in [0.15, 0.2) is 9.84 Å². The van der Waals surface area contributed by atoms with Crippen LogP contribution in [0.3, 0.4) is 0 Å². The molecule has 220 valence electrons. The highest BCUT2D eigenvalue weighted by atomic mass is 32.2. The van der Waals surface area contributed by atoms with E-state index in [0.717, 1.165) is 29.9 Å². The smallest absolute Gasteiger partial charge is 0.323 e. The van der Waals surface area contributed by atoms with Crippen molar-refractivity contribution in [1.29, 1.82) is 0 Å². The number of unbranched alkanes of at least 4 members (excludes halogenated alkanes) is 1. The van der Waals surface area contributed by atoms with Crippen LogP contribution < -0.4 is 9.47 Å². The first kappa shape index (κ1) is 30.4.